The standard InChI is InChI=1S/C28H24BrN5O2/c1-34-12-10-24-26(34)28(31-22-7-4-11-30-17-22)33-27(32-24)19-6-3-5-18(13-19)14-23(35)16-20-15-21(29)8-9-25(20)36-2/h3-13,15,17H,14,16H2,1-2H3,(H,31,32,33). The summed E-state index contributed by atoms with van der Waals surface area (Å²) in [5, 5.41) is 3.37. The zero-order chi connectivity index (χ0) is 25.1. The second-order valence-corrected chi connectivity index (χ2v) is 9.39. The molecule has 0 spiro atoms. The van der Waals surface area contributed by atoms with Gasteiger partial charge in [0.15, 0.2) is 11.6 Å². The minimum atomic E-state index is 0.0990. The predicted octanol–water partition coefficient (Wildman–Crippen LogP) is 5.90. The van der Waals surface area contributed by atoms with Crippen LogP contribution in [0.5, 0.6) is 5.75 Å². The monoisotopic (exact) mass is 541 g/mol. The van der Waals surface area contributed by atoms with Crippen molar-refractivity contribution in [2.45, 2.75) is 12.8 Å². The number of ether oxygens (including phenoxy) is 1. The SMILES string of the molecule is COc1ccc(Br)cc1CC(=O)Cc1cccc(-c2nc(Nc3cccnc3)c3c(ccn3C)n2)c1. The number of aryl methyl sites for hydroxylation is 1. The van der Waals surface area contributed by atoms with Gasteiger partial charge in [0.05, 0.1) is 24.5 Å². The van der Waals surface area contributed by atoms with Gasteiger partial charge in [-0.15, -0.1) is 0 Å². The third-order valence-corrected chi connectivity index (χ3v) is 6.35. The molecule has 7 nitrogen and oxygen atoms in total. The van der Waals surface area contributed by atoms with Gasteiger partial charge in [0.2, 0.25) is 0 Å². The second kappa shape index (κ2) is 10.3. The van der Waals surface area contributed by atoms with E-state index in [1.165, 1.54) is 0 Å². The highest BCUT2D eigenvalue weighted by atomic mass is 79.9. The van der Waals surface area contributed by atoms with Gasteiger partial charge in [0.25, 0.3) is 0 Å². The number of nitrogens with one attached hydrogen (secondary N) is 1. The van der Waals surface area contributed by atoms with Crippen LogP contribution in [0.4, 0.5) is 11.5 Å². The molecule has 0 saturated carbocycles. The van der Waals surface area contributed by atoms with E-state index in [4.69, 9.17) is 14.7 Å². The Morgan fingerprint density at radius 2 is 1.94 bits per heavy atom. The highest BCUT2D eigenvalue weighted by Crippen LogP contribution is 2.28. The molecule has 3 aromatic heterocycles. The van der Waals surface area contributed by atoms with Gasteiger partial charge in [0.1, 0.15) is 17.0 Å². The number of halogens is 1. The smallest absolute Gasteiger partial charge is 0.162 e. The molecule has 5 aromatic rings. The number of hydrogen-bond acceptors (Lipinski definition) is 6. The molecular weight excluding hydrogens is 518 g/mol. The molecule has 0 fully saturated rings. The fourth-order valence-corrected chi connectivity index (χ4v) is 4.60. The van der Waals surface area contributed by atoms with Gasteiger partial charge in [-0.05, 0) is 48.0 Å². The average molecular weight is 542 g/mol. The lowest BCUT2D eigenvalue weighted by atomic mass is 10.0. The first kappa shape index (κ1) is 23.7. The fourth-order valence-electron chi connectivity index (χ4n) is 4.19. The van der Waals surface area contributed by atoms with Gasteiger partial charge in [-0.1, -0.05) is 34.1 Å². The Balaban J connectivity index is 1.43. The normalized spacial score (nSPS) is 11.0. The Morgan fingerprint density at radius 1 is 1.06 bits per heavy atom. The van der Waals surface area contributed by atoms with Crippen LogP contribution < -0.4 is 10.1 Å². The molecule has 180 valence electrons. The fraction of sp³-hybridized carbons (Fsp3) is 0.143. The van der Waals surface area contributed by atoms with Gasteiger partial charge >= 0.3 is 0 Å². The lowest BCUT2D eigenvalue weighted by Crippen LogP contribution is -2.08. The summed E-state index contributed by atoms with van der Waals surface area (Å²) in [4.78, 5) is 26.7. The number of nitrogens with zero attached hydrogens (tertiary/aromatic N) is 4. The highest BCUT2D eigenvalue weighted by Gasteiger charge is 2.15. The molecule has 36 heavy (non-hydrogen) atoms. The first-order valence-electron chi connectivity index (χ1n) is 11.4. The zero-order valence-electron chi connectivity index (χ0n) is 19.9. The van der Waals surface area contributed by atoms with Crippen molar-refractivity contribution in [3.05, 3.63) is 94.9 Å². The lowest BCUT2D eigenvalue weighted by molar-refractivity contribution is -0.117. The highest BCUT2D eigenvalue weighted by molar-refractivity contribution is 9.10. The molecule has 0 atom stereocenters. The number of carbonyl (C=O) groups excluding carboxylic acids is 1. The Hall–Kier alpha value is -4.04. The van der Waals surface area contributed by atoms with E-state index in [0.29, 0.717) is 30.2 Å². The summed E-state index contributed by atoms with van der Waals surface area (Å²) in [5.74, 6) is 2.09. The van der Waals surface area contributed by atoms with Crippen LogP contribution in [-0.4, -0.2) is 32.4 Å². The minimum Gasteiger partial charge on any atom is -0.496 e. The van der Waals surface area contributed by atoms with Crippen molar-refractivity contribution in [1.82, 2.24) is 19.5 Å². The average Bonchev–Trinajstić information content (AvgIpc) is 3.26. The summed E-state index contributed by atoms with van der Waals surface area (Å²) >= 11 is 3.47. The van der Waals surface area contributed by atoms with Gasteiger partial charge in [-0.25, -0.2) is 9.97 Å². The number of fused-ring (bicyclic) bond motifs is 1. The van der Waals surface area contributed by atoms with Crippen molar-refractivity contribution in [3.63, 3.8) is 0 Å². The van der Waals surface area contributed by atoms with Crippen molar-refractivity contribution < 1.29 is 9.53 Å². The number of aromatic nitrogens is 4. The third-order valence-electron chi connectivity index (χ3n) is 5.86. The van der Waals surface area contributed by atoms with Crippen LogP contribution in [0, 0.1) is 0 Å². The Kier molecular flexibility index (Phi) is 6.77. The van der Waals surface area contributed by atoms with E-state index >= 15 is 0 Å². The molecule has 0 saturated heterocycles. The number of methoxy groups -OCH3 is 1. The van der Waals surface area contributed by atoms with E-state index in [0.717, 1.165) is 37.9 Å². The van der Waals surface area contributed by atoms with Crippen LogP contribution in [0.1, 0.15) is 11.1 Å². The van der Waals surface area contributed by atoms with Crippen molar-refractivity contribution in [1.29, 1.82) is 0 Å². The minimum absolute atomic E-state index is 0.0990. The quantitative estimate of drug-likeness (QED) is 0.263. The lowest BCUT2D eigenvalue weighted by Gasteiger charge is -2.11. The topological polar surface area (TPSA) is 81.9 Å². The molecular formula is C28H24BrN5O2. The van der Waals surface area contributed by atoms with Gasteiger partial charge in [-0.3, -0.25) is 9.78 Å². The van der Waals surface area contributed by atoms with E-state index in [1.54, 1.807) is 19.5 Å². The molecule has 1 N–H and O–H groups in total. The van der Waals surface area contributed by atoms with Crippen molar-refractivity contribution >= 4 is 44.3 Å². The first-order chi connectivity index (χ1) is 17.5. The molecule has 8 heteroatoms. The number of hydrogen-bond donors (Lipinski definition) is 1. The number of pyridine rings is 1. The molecule has 0 bridgehead atoms. The van der Waals surface area contributed by atoms with E-state index in [1.807, 2.05) is 78.5 Å². The maximum atomic E-state index is 12.9. The van der Waals surface area contributed by atoms with Gasteiger partial charge in [0, 0.05) is 47.9 Å². The summed E-state index contributed by atoms with van der Waals surface area (Å²) in [6, 6.07) is 19.3. The largest absolute Gasteiger partial charge is 0.496 e. The summed E-state index contributed by atoms with van der Waals surface area (Å²) in [6.45, 7) is 0. The molecule has 0 aliphatic heterocycles. The Bertz CT molecular complexity index is 1550. The third kappa shape index (κ3) is 5.13. The predicted molar refractivity (Wildman–Crippen MR) is 145 cm³/mol. The van der Waals surface area contributed by atoms with Crippen LogP contribution in [0.2, 0.25) is 0 Å². The second-order valence-electron chi connectivity index (χ2n) is 8.47. The van der Waals surface area contributed by atoms with Crippen LogP contribution in [-0.2, 0) is 24.7 Å². The molecule has 0 radical (unpaired) electrons. The number of benzene rings is 2. The van der Waals surface area contributed by atoms with Crippen LogP contribution in [0.15, 0.2) is 83.7 Å². The van der Waals surface area contributed by atoms with E-state index < -0.39 is 0 Å². The van der Waals surface area contributed by atoms with Crippen LogP contribution in [0.3, 0.4) is 0 Å². The van der Waals surface area contributed by atoms with Crippen LogP contribution >= 0.6 is 15.9 Å². The van der Waals surface area contributed by atoms with Gasteiger partial charge < -0.3 is 14.6 Å². The van der Waals surface area contributed by atoms with Crippen molar-refractivity contribution in [2.75, 3.05) is 12.4 Å². The summed E-state index contributed by atoms with van der Waals surface area (Å²) in [7, 11) is 3.58. The number of Topliss-reactive ketones (excluding diaryl/α,β-unsaturated/α-hetero) is 1. The number of anilines is 2. The van der Waals surface area contributed by atoms with E-state index in [-0.39, 0.29) is 5.78 Å². The number of ketones is 1. The molecule has 2 aromatic carbocycles. The maximum Gasteiger partial charge on any atom is 0.162 e. The molecule has 5 rings (SSSR count). The Labute approximate surface area is 217 Å². The van der Waals surface area contributed by atoms with Gasteiger partial charge in [-0.2, -0.15) is 0 Å². The molecule has 0 amide bonds. The molecule has 3 heterocycles. The maximum absolute atomic E-state index is 12.9. The molecule has 0 aliphatic carbocycles. The number of carbonyl (C=O) groups is 1. The summed E-state index contributed by atoms with van der Waals surface area (Å²) in [5.41, 5.74) is 5.18. The summed E-state index contributed by atoms with van der Waals surface area (Å²) < 4.78 is 8.32. The first-order valence-corrected chi connectivity index (χ1v) is 12.2. The van der Waals surface area contributed by atoms with Crippen LogP contribution in [0.25, 0.3) is 22.4 Å². The van der Waals surface area contributed by atoms with E-state index in [2.05, 4.69) is 26.2 Å². The summed E-state index contributed by atoms with van der Waals surface area (Å²) in [6.07, 6.45) is 6.04. The Morgan fingerprint density at radius 3 is 2.75 bits per heavy atom. The van der Waals surface area contributed by atoms with E-state index in [9.17, 15) is 4.79 Å². The molecule has 0 aliphatic rings. The molecule has 0 unspecified atom stereocenters. The van der Waals surface area contributed by atoms with Crippen molar-refractivity contribution in [3.8, 4) is 17.1 Å². The zero-order valence-corrected chi connectivity index (χ0v) is 21.5. The number of rotatable bonds is 8. The van der Waals surface area contributed by atoms with Crippen molar-refractivity contribution in [2.24, 2.45) is 7.05 Å².